The molecule has 1 aliphatic heterocycles. The third-order valence-electron chi connectivity index (χ3n) is 5.53. The van der Waals surface area contributed by atoms with Gasteiger partial charge in [-0.25, -0.2) is 9.18 Å². The van der Waals surface area contributed by atoms with E-state index in [1.54, 1.807) is 19.1 Å². The van der Waals surface area contributed by atoms with Crippen molar-refractivity contribution in [2.24, 2.45) is 0 Å². The first kappa shape index (κ1) is 18.4. The highest BCUT2D eigenvalue weighted by atomic mass is 19.1. The van der Waals surface area contributed by atoms with Gasteiger partial charge >= 0.3 is 5.63 Å². The molecule has 2 amide bonds. The van der Waals surface area contributed by atoms with Crippen molar-refractivity contribution < 1.29 is 18.4 Å². The van der Waals surface area contributed by atoms with Crippen molar-refractivity contribution >= 4 is 11.8 Å². The lowest BCUT2D eigenvalue weighted by atomic mass is 9.83. The Balaban J connectivity index is 1.71. The number of amides is 2. The van der Waals surface area contributed by atoms with Gasteiger partial charge in [-0.3, -0.25) is 9.59 Å². The minimum atomic E-state index is -0.998. The molecule has 1 aromatic heterocycles. The zero-order chi connectivity index (χ0) is 19.8. The van der Waals surface area contributed by atoms with Gasteiger partial charge in [-0.15, -0.1) is 0 Å². The summed E-state index contributed by atoms with van der Waals surface area (Å²) in [5.41, 5.74) is 0.140. The van der Waals surface area contributed by atoms with Crippen LogP contribution in [0.25, 0.3) is 0 Å². The summed E-state index contributed by atoms with van der Waals surface area (Å²) in [4.78, 5) is 39.6. The molecule has 1 unspecified atom stereocenters. The number of carbonyl (C=O) groups excluding carboxylic acids is 2. The van der Waals surface area contributed by atoms with E-state index in [-0.39, 0.29) is 24.6 Å². The fraction of sp³-hybridized carbons (Fsp3) is 0.381. The third kappa shape index (κ3) is 3.21. The number of hydrogen-bond acceptors (Lipinski definition) is 4. The van der Waals surface area contributed by atoms with E-state index in [1.807, 2.05) is 0 Å². The molecular formula is C21H21FN2O4. The Hall–Kier alpha value is -2.96. The molecule has 2 aromatic rings. The van der Waals surface area contributed by atoms with Gasteiger partial charge in [-0.1, -0.05) is 18.6 Å². The second-order valence-corrected chi connectivity index (χ2v) is 7.37. The number of hydrogen-bond donors (Lipinski definition) is 1. The summed E-state index contributed by atoms with van der Waals surface area (Å²) in [7, 11) is 0. The van der Waals surface area contributed by atoms with E-state index < -0.39 is 29.3 Å². The monoisotopic (exact) mass is 384 g/mol. The maximum absolute atomic E-state index is 13.7. The molecule has 2 fully saturated rings. The summed E-state index contributed by atoms with van der Waals surface area (Å²) in [6, 6.07) is 6.33. The summed E-state index contributed by atoms with van der Waals surface area (Å²) in [6.45, 7) is 2.18. The number of piperazine rings is 1. The number of carbonyl (C=O) groups is 2. The van der Waals surface area contributed by atoms with Gasteiger partial charge in [0, 0.05) is 19.0 Å². The van der Waals surface area contributed by atoms with E-state index in [0.717, 1.165) is 19.3 Å². The van der Waals surface area contributed by atoms with Crippen molar-refractivity contribution in [3.63, 3.8) is 0 Å². The second-order valence-electron chi connectivity index (χ2n) is 7.37. The van der Waals surface area contributed by atoms with Crippen LogP contribution in [0.3, 0.4) is 0 Å². The molecule has 0 spiro atoms. The lowest BCUT2D eigenvalue weighted by molar-refractivity contribution is -0.128. The van der Waals surface area contributed by atoms with Gasteiger partial charge in [-0.2, -0.15) is 0 Å². The van der Waals surface area contributed by atoms with E-state index in [9.17, 15) is 18.8 Å². The maximum atomic E-state index is 13.7. The van der Waals surface area contributed by atoms with Crippen LogP contribution < -0.4 is 10.9 Å². The van der Waals surface area contributed by atoms with Crippen LogP contribution in [0.4, 0.5) is 4.39 Å². The predicted molar refractivity (Wildman–Crippen MR) is 99.5 cm³/mol. The summed E-state index contributed by atoms with van der Waals surface area (Å²) in [6.07, 6.45) is 3.06. The molecule has 2 heterocycles. The molecule has 146 valence electrons. The van der Waals surface area contributed by atoms with E-state index >= 15 is 0 Å². The van der Waals surface area contributed by atoms with Crippen LogP contribution in [0.1, 0.15) is 58.5 Å². The number of nitrogens with zero attached hydrogens (tertiary/aromatic N) is 1. The Labute approximate surface area is 161 Å². The summed E-state index contributed by atoms with van der Waals surface area (Å²) in [5.74, 6) is -0.627. The van der Waals surface area contributed by atoms with Gasteiger partial charge in [0.1, 0.15) is 23.2 Å². The van der Waals surface area contributed by atoms with Crippen LogP contribution in [0.5, 0.6) is 0 Å². The third-order valence-corrected chi connectivity index (χ3v) is 5.53. The van der Waals surface area contributed by atoms with Gasteiger partial charge in [0.25, 0.3) is 5.91 Å². The number of nitrogens with one attached hydrogen (secondary N) is 1. The molecule has 1 N–H and O–H groups in total. The van der Waals surface area contributed by atoms with E-state index in [4.69, 9.17) is 4.42 Å². The molecule has 1 saturated heterocycles. The van der Waals surface area contributed by atoms with Crippen LogP contribution >= 0.6 is 0 Å². The van der Waals surface area contributed by atoms with Crippen LogP contribution in [0, 0.1) is 12.7 Å². The van der Waals surface area contributed by atoms with Crippen molar-refractivity contribution in [3.8, 4) is 0 Å². The first-order valence-corrected chi connectivity index (χ1v) is 9.44. The maximum Gasteiger partial charge on any atom is 0.349 e. The minimum Gasteiger partial charge on any atom is -0.427 e. The largest absolute Gasteiger partial charge is 0.427 e. The van der Waals surface area contributed by atoms with Crippen LogP contribution in [0.15, 0.2) is 39.5 Å². The highest BCUT2D eigenvalue weighted by Gasteiger charge is 2.37. The SMILES string of the molecule is Cc1cc(C2CCC2)oc(=O)c1C(=O)N1CCNC(=O)C1c1cccc(F)c1. The smallest absolute Gasteiger partial charge is 0.349 e. The molecule has 2 aliphatic rings. The Morgan fingerprint density at radius 3 is 2.68 bits per heavy atom. The highest BCUT2D eigenvalue weighted by molar-refractivity contribution is 5.99. The fourth-order valence-corrected chi connectivity index (χ4v) is 3.82. The average Bonchev–Trinajstić information content (AvgIpc) is 2.59. The molecule has 4 rings (SSSR count). The Morgan fingerprint density at radius 1 is 1.25 bits per heavy atom. The highest BCUT2D eigenvalue weighted by Crippen LogP contribution is 2.36. The summed E-state index contributed by atoms with van der Waals surface area (Å²) < 4.78 is 19.1. The molecule has 28 heavy (non-hydrogen) atoms. The predicted octanol–water partition coefficient (Wildman–Crippen LogP) is 2.67. The molecular weight excluding hydrogens is 363 g/mol. The lowest BCUT2D eigenvalue weighted by Crippen LogP contribution is -2.53. The minimum absolute atomic E-state index is 0.0702. The Morgan fingerprint density at radius 2 is 2.04 bits per heavy atom. The molecule has 1 atom stereocenters. The van der Waals surface area contributed by atoms with E-state index in [0.29, 0.717) is 16.9 Å². The Bertz CT molecular complexity index is 996. The van der Waals surface area contributed by atoms with E-state index in [1.165, 1.54) is 23.1 Å². The number of halogens is 1. The standard InChI is InChI=1S/C21H21FN2O4/c1-12-10-16(13-4-2-5-13)28-21(27)17(12)20(26)24-9-8-23-19(25)18(24)14-6-3-7-15(22)11-14/h3,6-7,10-11,13,18H,2,4-5,8-9H2,1H3,(H,23,25). The van der Waals surface area contributed by atoms with Crippen LogP contribution in [-0.2, 0) is 4.79 Å². The molecule has 7 heteroatoms. The van der Waals surface area contributed by atoms with Gasteiger partial charge in [-0.05, 0) is 49.1 Å². The number of aryl methyl sites for hydroxylation is 1. The zero-order valence-corrected chi connectivity index (χ0v) is 15.5. The van der Waals surface area contributed by atoms with Crippen LogP contribution in [-0.4, -0.2) is 29.8 Å². The first-order valence-electron chi connectivity index (χ1n) is 9.44. The second kappa shape index (κ2) is 7.22. The van der Waals surface area contributed by atoms with Crippen molar-refractivity contribution in [2.75, 3.05) is 13.1 Å². The fourth-order valence-electron chi connectivity index (χ4n) is 3.82. The zero-order valence-electron chi connectivity index (χ0n) is 15.5. The molecule has 6 nitrogen and oxygen atoms in total. The van der Waals surface area contributed by atoms with E-state index in [2.05, 4.69) is 5.32 Å². The van der Waals surface area contributed by atoms with Crippen LogP contribution in [0.2, 0.25) is 0 Å². The molecule has 1 saturated carbocycles. The topological polar surface area (TPSA) is 79.6 Å². The average molecular weight is 384 g/mol. The van der Waals surface area contributed by atoms with Crippen molar-refractivity contribution in [1.29, 1.82) is 0 Å². The van der Waals surface area contributed by atoms with Crippen molar-refractivity contribution in [1.82, 2.24) is 10.2 Å². The van der Waals surface area contributed by atoms with Gasteiger partial charge in [0.2, 0.25) is 5.91 Å². The van der Waals surface area contributed by atoms with Gasteiger partial charge in [0.05, 0.1) is 0 Å². The lowest BCUT2D eigenvalue weighted by Gasteiger charge is -2.35. The van der Waals surface area contributed by atoms with Gasteiger partial charge < -0.3 is 14.6 Å². The Kier molecular flexibility index (Phi) is 4.75. The quantitative estimate of drug-likeness (QED) is 0.882. The normalized spacial score (nSPS) is 19.9. The molecule has 0 bridgehead atoms. The number of benzene rings is 1. The molecule has 0 radical (unpaired) electrons. The first-order chi connectivity index (χ1) is 13.5. The number of rotatable bonds is 3. The van der Waals surface area contributed by atoms with Gasteiger partial charge in [0.15, 0.2) is 0 Å². The molecule has 1 aliphatic carbocycles. The van der Waals surface area contributed by atoms with Crippen molar-refractivity contribution in [2.45, 2.75) is 38.1 Å². The van der Waals surface area contributed by atoms with Crippen molar-refractivity contribution in [3.05, 3.63) is 69.0 Å². The molecule has 1 aromatic carbocycles. The summed E-state index contributed by atoms with van der Waals surface area (Å²) >= 11 is 0. The summed E-state index contributed by atoms with van der Waals surface area (Å²) in [5, 5.41) is 2.70.